The lowest BCUT2D eigenvalue weighted by Crippen LogP contribution is -2.21. The molecule has 0 radical (unpaired) electrons. The van der Waals surface area contributed by atoms with Crippen LogP contribution in [0, 0.1) is 23.2 Å². The predicted molar refractivity (Wildman–Crippen MR) is 111 cm³/mol. The summed E-state index contributed by atoms with van der Waals surface area (Å²) < 4.78 is 5.41. The van der Waals surface area contributed by atoms with Crippen LogP contribution in [0.15, 0.2) is 48.5 Å². The van der Waals surface area contributed by atoms with E-state index in [1.165, 1.54) is 44.1 Å². The van der Waals surface area contributed by atoms with Crippen molar-refractivity contribution >= 4 is 5.97 Å². The average molecular weight is 376 g/mol. The Bertz CT molecular complexity index is 817. The van der Waals surface area contributed by atoms with Gasteiger partial charge in [0.15, 0.2) is 0 Å². The van der Waals surface area contributed by atoms with Gasteiger partial charge in [0.25, 0.3) is 0 Å². The van der Waals surface area contributed by atoms with Gasteiger partial charge in [-0.1, -0.05) is 45.2 Å². The third-order valence-electron chi connectivity index (χ3n) is 6.01. The Kier molecular flexibility index (Phi) is 6.87. The van der Waals surface area contributed by atoms with E-state index in [0.29, 0.717) is 28.7 Å². The molecule has 0 aliphatic heterocycles. The summed E-state index contributed by atoms with van der Waals surface area (Å²) in [7, 11) is 0. The fraction of sp³-hybridized carbons (Fsp3) is 0.440. The number of nitrogens with zero attached hydrogens (tertiary/aromatic N) is 1. The number of esters is 1. The summed E-state index contributed by atoms with van der Waals surface area (Å²) in [5.41, 5.74) is 2.43. The third kappa shape index (κ3) is 5.01. The summed E-state index contributed by atoms with van der Waals surface area (Å²) >= 11 is 0. The van der Waals surface area contributed by atoms with E-state index in [-0.39, 0.29) is 5.97 Å². The third-order valence-corrected chi connectivity index (χ3v) is 6.01. The number of hydrogen-bond acceptors (Lipinski definition) is 3. The van der Waals surface area contributed by atoms with Gasteiger partial charge in [-0.15, -0.1) is 0 Å². The highest BCUT2D eigenvalue weighted by Crippen LogP contribution is 2.41. The molecule has 0 aromatic heterocycles. The first kappa shape index (κ1) is 20.1. The van der Waals surface area contributed by atoms with Gasteiger partial charge in [0, 0.05) is 0 Å². The molecule has 2 aromatic carbocycles. The predicted octanol–water partition coefficient (Wildman–Crippen LogP) is 6.49. The molecule has 1 fully saturated rings. The van der Waals surface area contributed by atoms with Gasteiger partial charge in [-0.05, 0) is 79.0 Å². The van der Waals surface area contributed by atoms with Gasteiger partial charge < -0.3 is 4.74 Å². The molecule has 1 aliphatic carbocycles. The van der Waals surface area contributed by atoms with E-state index in [0.717, 1.165) is 5.92 Å². The van der Waals surface area contributed by atoms with Crippen molar-refractivity contribution in [2.75, 3.05) is 0 Å². The van der Waals surface area contributed by atoms with E-state index in [1.807, 2.05) is 12.1 Å². The zero-order chi connectivity index (χ0) is 19.9. The van der Waals surface area contributed by atoms with Crippen molar-refractivity contribution in [2.45, 2.75) is 58.3 Å². The minimum Gasteiger partial charge on any atom is -0.423 e. The highest BCUT2D eigenvalue weighted by Gasteiger charge is 2.28. The second kappa shape index (κ2) is 9.55. The molecule has 0 saturated heterocycles. The summed E-state index contributed by atoms with van der Waals surface area (Å²) in [4.78, 5) is 12.4. The second-order valence-electron chi connectivity index (χ2n) is 8.05. The summed E-state index contributed by atoms with van der Waals surface area (Å²) in [5.74, 6) is 2.24. The number of carbonyl (C=O) groups is 1. The first-order valence-electron chi connectivity index (χ1n) is 10.4. The van der Waals surface area contributed by atoms with Gasteiger partial charge >= 0.3 is 5.97 Å². The van der Waals surface area contributed by atoms with Crippen LogP contribution in [0.4, 0.5) is 0 Å². The van der Waals surface area contributed by atoms with Crippen LogP contribution < -0.4 is 4.74 Å². The van der Waals surface area contributed by atoms with Crippen molar-refractivity contribution < 1.29 is 9.53 Å². The molecule has 3 rings (SSSR count). The molecular weight excluding hydrogens is 346 g/mol. The standard InChI is InChI=1S/C25H29NO2/c1-3-4-5-19-8-15-24(18(2)16-19)21-9-11-22(12-10-21)25(27)28-23-13-6-20(17-26)7-14-23/h6-7,9-14,18-19,24H,3-5,8,15-16H2,1-2H3. The molecule has 3 nitrogen and oxygen atoms in total. The number of unbranched alkanes of at least 4 members (excludes halogenated alkanes) is 1. The Morgan fingerprint density at radius 1 is 1.11 bits per heavy atom. The number of carbonyl (C=O) groups excluding carboxylic acids is 1. The molecule has 3 unspecified atom stereocenters. The number of nitriles is 1. The lowest BCUT2D eigenvalue weighted by Gasteiger charge is -2.34. The molecule has 28 heavy (non-hydrogen) atoms. The van der Waals surface area contributed by atoms with Crippen LogP contribution in [-0.4, -0.2) is 5.97 Å². The fourth-order valence-electron chi connectivity index (χ4n) is 4.39. The molecule has 1 saturated carbocycles. The van der Waals surface area contributed by atoms with E-state index in [9.17, 15) is 4.79 Å². The number of benzene rings is 2. The van der Waals surface area contributed by atoms with Gasteiger partial charge in [-0.2, -0.15) is 5.26 Å². The van der Waals surface area contributed by atoms with Crippen molar-refractivity contribution in [3.63, 3.8) is 0 Å². The lowest BCUT2D eigenvalue weighted by molar-refractivity contribution is 0.0734. The molecule has 0 amide bonds. The molecule has 3 heteroatoms. The van der Waals surface area contributed by atoms with Crippen LogP contribution in [0.2, 0.25) is 0 Å². The minimum atomic E-state index is -0.368. The summed E-state index contributed by atoms with van der Waals surface area (Å²) in [6.07, 6.45) is 7.87. The normalized spacial score (nSPS) is 21.7. The van der Waals surface area contributed by atoms with Gasteiger partial charge in [-0.3, -0.25) is 0 Å². The highest BCUT2D eigenvalue weighted by atomic mass is 16.5. The van der Waals surface area contributed by atoms with Crippen molar-refractivity contribution in [3.05, 3.63) is 65.2 Å². The minimum absolute atomic E-state index is 0.368. The largest absolute Gasteiger partial charge is 0.423 e. The van der Waals surface area contributed by atoms with Gasteiger partial charge in [0.1, 0.15) is 5.75 Å². The SMILES string of the molecule is CCCCC1CCC(c2ccc(C(=O)Oc3ccc(C#N)cc3)cc2)C(C)C1. The Morgan fingerprint density at radius 2 is 1.82 bits per heavy atom. The van der Waals surface area contributed by atoms with Crippen LogP contribution in [0.5, 0.6) is 5.75 Å². The topological polar surface area (TPSA) is 50.1 Å². The van der Waals surface area contributed by atoms with Crippen molar-refractivity contribution in [3.8, 4) is 11.8 Å². The summed E-state index contributed by atoms with van der Waals surface area (Å²) in [5, 5.41) is 8.84. The molecule has 0 spiro atoms. The van der Waals surface area contributed by atoms with Gasteiger partial charge in [-0.25, -0.2) is 4.79 Å². The molecule has 2 aromatic rings. The molecule has 0 bridgehead atoms. The molecule has 3 atom stereocenters. The van der Waals surface area contributed by atoms with Crippen LogP contribution >= 0.6 is 0 Å². The number of rotatable bonds is 6. The van der Waals surface area contributed by atoms with E-state index in [4.69, 9.17) is 10.00 Å². The molecule has 0 N–H and O–H groups in total. The smallest absolute Gasteiger partial charge is 0.343 e. The van der Waals surface area contributed by atoms with Crippen LogP contribution in [0.3, 0.4) is 0 Å². The molecule has 0 heterocycles. The van der Waals surface area contributed by atoms with Gasteiger partial charge in [0.2, 0.25) is 0 Å². The monoisotopic (exact) mass is 375 g/mol. The first-order valence-corrected chi connectivity index (χ1v) is 10.4. The van der Waals surface area contributed by atoms with Crippen molar-refractivity contribution in [1.29, 1.82) is 5.26 Å². The van der Waals surface area contributed by atoms with E-state index < -0.39 is 0 Å². The first-order chi connectivity index (χ1) is 13.6. The Labute approximate surface area is 168 Å². The van der Waals surface area contributed by atoms with Crippen LogP contribution in [0.1, 0.15) is 79.8 Å². The van der Waals surface area contributed by atoms with Crippen LogP contribution in [0.25, 0.3) is 0 Å². The Hall–Kier alpha value is -2.60. The number of ether oxygens (including phenoxy) is 1. The molecular formula is C25H29NO2. The lowest BCUT2D eigenvalue weighted by atomic mass is 9.71. The maximum atomic E-state index is 12.4. The summed E-state index contributed by atoms with van der Waals surface area (Å²) in [6.45, 7) is 4.64. The maximum absolute atomic E-state index is 12.4. The Morgan fingerprint density at radius 3 is 2.43 bits per heavy atom. The van der Waals surface area contributed by atoms with Crippen molar-refractivity contribution in [1.82, 2.24) is 0 Å². The molecule has 1 aliphatic rings. The van der Waals surface area contributed by atoms with Crippen LogP contribution in [-0.2, 0) is 0 Å². The highest BCUT2D eigenvalue weighted by molar-refractivity contribution is 5.91. The zero-order valence-electron chi connectivity index (χ0n) is 16.9. The second-order valence-corrected chi connectivity index (χ2v) is 8.05. The van der Waals surface area contributed by atoms with E-state index in [1.54, 1.807) is 24.3 Å². The fourth-order valence-corrected chi connectivity index (χ4v) is 4.39. The maximum Gasteiger partial charge on any atom is 0.343 e. The molecule has 146 valence electrons. The van der Waals surface area contributed by atoms with Crippen molar-refractivity contribution in [2.24, 2.45) is 11.8 Å². The average Bonchev–Trinajstić information content (AvgIpc) is 2.73. The summed E-state index contributed by atoms with van der Waals surface area (Å²) in [6, 6.07) is 16.5. The van der Waals surface area contributed by atoms with E-state index >= 15 is 0 Å². The quantitative estimate of drug-likeness (QED) is 0.428. The van der Waals surface area contributed by atoms with E-state index in [2.05, 4.69) is 32.0 Å². The zero-order valence-corrected chi connectivity index (χ0v) is 16.9. The number of hydrogen-bond donors (Lipinski definition) is 0. The van der Waals surface area contributed by atoms with Gasteiger partial charge in [0.05, 0.1) is 17.2 Å². The Balaban J connectivity index is 1.60.